The van der Waals surface area contributed by atoms with Gasteiger partial charge in [-0.25, -0.2) is 9.37 Å². The molecule has 126 valence electrons. The van der Waals surface area contributed by atoms with Gasteiger partial charge in [-0.2, -0.15) is 0 Å². The lowest BCUT2D eigenvalue weighted by Crippen LogP contribution is -2.34. The lowest BCUT2D eigenvalue weighted by atomic mass is 10.3. The molecule has 5 nitrogen and oxygen atoms in total. The number of benzene rings is 1. The summed E-state index contributed by atoms with van der Waals surface area (Å²) in [5.41, 5.74) is 0.886. The third-order valence-corrected chi connectivity index (χ3v) is 3.74. The molecule has 1 aliphatic carbocycles. The average Bonchev–Trinajstić information content (AvgIpc) is 3.41. The SMILES string of the molecule is O=C(CNCC1CC1)NCc1ccc(Oc2ccc(F)cc2)nc1. The van der Waals surface area contributed by atoms with Gasteiger partial charge in [0.25, 0.3) is 0 Å². The van der Waals surface area contributed by atoms with Crippen LogP contribution in [0.25, 0.3) is 0 Å². The van der Waals surface area contributed by atoms with Crippen molar-refractivity contribution >= 4 is 5.91 Å². The van der Waals surface area contributed by atoms with E-state index in [4.69, 9.17) is 4.74 Å². The van der Waals surface area contributed by atoms with Gasteiger partial charge < -0.3 is 15.4 Å². The van der Waals surface area contributed by atoms with Crippen LogP contribution in [0.1, 0.15) is 18.4 Å². The molecular formula is C18H20FN3O2. The Bertz CT molecular complexity index is 670. The normalized spacial score (nSPS) is 13.5. The van der Waals surface area contributed by atoms with Crippen LogP contribution in [0.2, 0.25) is 0 Å². The van der Waals surface area contributed by atoms with E-state index < -0.39 is 0 Å². The second kappa shape index (κ2) is 7.88. The highest BCUT2D eigenvalue weighted by molar-refractivity contribution is 5.77. The average molecular weight is 329 g/mol. The van der Waals surface area contributed by atoms with Crippen molar-refractivity contribution in [2.45, 2.75) is 19.4 Å². The minimum atomic E-state index is -0.312. The highest BCUT2D eigenvalue weighted by atomic mass is 19.1. The topological polar surface area (TPSA) is 63.2 Å². The maximum absolute atomic E-state index is 12.8. The van der Waals surface area contributed by atoms with Crippen molar-refractivity contribution in [2.24, 2.45) is 5.92 Å². The fraction of sp³-hybridized carbons (Fsp3) is 0.333. The predicted molar refractivity (Wildman–Crippen MR) is 88.2 cm³/mol. The van der Waals surface area contributed by atoms with Crippen LogP contribution in [0.15, 0.2) is 42.6 Å². The highest BCUT2D eigenvalue weighted by Gasteiger charge is 2.20. The first-order valence-electron chi connectivity index (χ1n) is 8.05. The largest absolute Gasteiger partial charge is 0.439 e. The molecule has 0 unspecified atom stereocenters. The molecule has 0 bridgehead atoms. The first-order chi connectivity index (χ1) is 11.7. The van der Waals surface area contributed by atoms with Gasteiger partial charge >= 0.3 is 0 Å². The first-order valence-corrected chi connectivity index (χ1v) is 8.05. The minimum Gasteiger partial charge on any atom is -0.439 e. The fourth-order valence-corrected chi connectivity index (χ4v) is 2.17. The first kappa shape index (κ1) is 16.4. The summed E-state index contributed by atoms with van der Waals surface area (Å²) in [6, 6.07) is 9.30. The van der Waals surface area contributed by atoms with Crippen LogP contribution in [-0.4, -0.2) is 24.0 Å². The molecule has 0 saturated heterocycles. The van der Waals surface area contributed by atoms with Crippen LogP contribution >= 0.6 is 0 Å². The summed E-state index contributed by atoms with van der Waals surface area (Å²) in [5.74, 6) is 1.36. The van der Waals surface area contributed by atoms with Crippen LogP contribution in [0.5, 0.6) is 11.6 Å². The molecule has 6 heteroatoms. The molecule has 1 aromatic heterocycles. The fourth-order valence-electron chi connectivity index (χ4n) is 2.17. The lowest BCUT2D eigenvalue weighted by molar-refractivity contribution is -0.120. The molecule has 2 N–H and O–H groups in total. The van der Waals surface area contributed by atoms with Crippen molar-refractivity contribution in [3.8, 4) is 11.6 Å². The second-order valence-electron chi connectivity index (χ2n) is 5.91. The smallest absolute Gasteiger partial charge is 0.234 e. The van der Waals surface area contributed by atoms with Crippen LogP contribution in [0, 0.1) is 11.7 Å². The van der Waals surface area contributed by atoms with E-state index >= 15 is 0 Å². The Labute approximate surface area is 140 Å². The van der Waals surface area contributed by atoms with E-state index in [2.05, 4.69) is 15.6 Å². The maximum Gasteiger partial charge on any atom is 0.234 e. The Hall–Kier alpha value is -2.47. The highest BCUT2D eigenvalue weighted by Crippen LogP contribution is 2.27. The number of amides is 1. The zero-order chi connectivity index (χ0) is 16.8. The van der Waals surface area contributed by atoms with E-state index in [1.165, 1.54) is 25.0 Å². The van der Waals surface area contributed by atoms with Crippen molar-refractivity contribution < 1.29 is 13.9 Å². The Kier molecular flexibility index (Phi) is 5.38. The number of hydrogen-bond acceptors (Lipinski definition) is 4. The van der Waals surface area contributed by atoms with E-state index in [1.807, 2.05) is 6.07 Å². The molecule has 1 saturated carbocycles. The van der Waals surface area contributed by atoms with Gasteiger partial charge in [0.1, 0.15) is 11.6 Å². The van der Waals surface area contributed by atoms with Gasteiger partial charge in [0.05, 0.1) is 6.54 Å². The van der Waals surface area contributed by atoms with E-state index in [-0.39, 0.29) is 11.7 Å². The second-order valence-corrected chi connectivity index (χ2v) is 5.91. The molecule has 0 aliphatic heterocycles. The van der Waals surface area contributed by atoms with Crippen LogP contribution < -0.4 is 15.4 Å². The Morgan fingerprint density at radius 1 is 1.21 bits per heavy atom. The van der Waals surface area contributed by atoms with Crippen molar-refractivity contribution in [1.82, 2.24) is 15.6 Å². The molecule has 1 aromatic carbocycles. The quantitative estimate of drug-likeness (QED) is 0.781. The summed E-state index contributed by atoms with van der Waals surface area (Å²) in [6.45, 7) is 1.69. The van der Waals surface area contributed by atoms with Crippen molar-refractivity contribution in [1.29, 1.82) is 0 Å². The lowest BCUT2D eigenvalue weighted by Gasteiger charge is -2.08. The molecule has 1 fully saturated rings. The van der Waals surface area contributed by atoms with Crippen molar-refractivity contribution in [3.63, 3.8) is 0 Å². The number of aromatic nitrogens is 1. The van der Waals surface area contributed by atoms with Gasteiger partial charge in [0.2, 0.25) is 11.8 Å². The van der Waals surface area contributed by atoms with E-state index in [1.54, 1.807) is 24.4 Å². The van der Waals surface area contributed by atoms with Crippen LogP contribution in [-0.2, 0) is 11.3 Å². The summed E-state index contributed by atoms with van der Waals surface area (Å²) in [4.78, 5) is 15.9. The number of carbonyl (C=O) groups excluding carboxylic acids is 1. The number of pyridine rings is 1. The number of nitrogens with one attached hydrogen (secondary N) is 2. The molecule has 0 radical (unpaired) electrons. The molecule has 1 amide bonds. The molecule has 1 heterocycles. The molecule has 3 rings (SSSR count). The van der Waals surface area contributed by atoms with Gasteiger partial charge in [0, 0.05) is 18.8 Å². The zero-order valence-electron chi connectivity index (χ0n) is 13.3. The zero-order valence-corrected chi connectivity index (χ0v) is 13.3. The molecule has 0 spiro atoms. The van der Waals surface area contributed by atoms with Gasteiger partial charge in [-0.15, -0.1) is 0 Å². The number of nitrogens with zero attached hydrogens (tertiary/aromatic N) is 1. The third-order valence-electron chi connectivity index (χ3n) is 3.74. The molecule has 1 aliphatic rings. The molecular weight excluding hydrogens is 309 g/mol. The summed E-state index contributed by atoms with van der Waals surface area (Å²) in [5, 5.41) is 5.99. The minimum absolute atomic E-state index is 0.0257. The van der Waals surface area contributed by atoms with E-state index in [9.17, 15) is 9.18 Å². The Balaban J connectivity index is 1.41. The summed E-state index contributed by atoms with van der Waals surface area (Å²) < 4.78 is 18.4. The van der Waals surface area contributed by atoms with Crippen LogP contribution in [0.3, 0.4) is 0 Å². The van der Waals surface area contributed by atoms with Gasteiger partial charge in [-0.1, -0.05) is 6.07 Å². The number of rotatable bonds is 8. The number of halogens is 1. The van der Waals surface area contributed by atoms with Crippen LogP contribution in [0.4, 0.5) is 4.39 Å². The molecule has 24 heavy (non-hydrogen) atoms. The summed E-state index contributed by atoms with van der Waals surface area (Å²) in [7, 11) is 0. The van der Waals surface area contributed by atoms with Gasteiger partial charge in [0.15, 0.2) is 0 Å². The molecule has 2 aromatic rings. The standard InChI is InChI=1S/C18H20FN3O2/c19-15-4-6-16(7-5-15)24-18-8-3-14(11-22-18)10-21-17(23)12-20-9-13-1-2-13/h3-8,11,13,20H,1-2,9-10,12H2,(H,21,23). The van der Waals surface area contributed by atoms with Gasteiger partial charge in [-0.05, 0) is 55.1 Å². The molecule has 0 atom stereocenters. The van der Waals surface area contributed by atoms with Crippen molar-refractivity contribution in [3.05, 3.63) is 54.0 Å². The third kappa shape index (κ3) is 5.31. The maximum atomic E-state index is 12.8. The van der Waals surface area contributed by atoms with E-state index in [0.29, 0.717) is 24.7 Å². The summed E-state index contributed by atoms with van der Waals surface area (Å²) >= 11 is 0. The number of hydrogen-bond donors (Lipinski definition) is 2. The number of carbonyl (C=O) groups is 1. The monoisotopic (exact) mass is 329 g/mol. The predicted octanol–water partition coefficient (Wildman–Crippen LogP) is 2.63. The Morgan fingerprint density at radius 2 is 2.00 bits per heavy atom. The summed E-state index contributed by atoms with van der Waals surface area (Å²) in [6.07, 6.45) is 4.19. The Morgan fingerprint density at radius 3 is 2.67 bits per heavy atom. The van der Waals surface area contributed by atoms with Gasteiger partial charge in [-0.3, -0.25) is 4.79 Å². The van der Waals surface area contributed by atoms with Crippen molar-refractivity contribution in [2.75, 3.05) is 13.1 Å². The number of ether oxygens (including phenoxy) is 1. The van der Waals surface area contributed by atoms with E-state index in [0.717, 1.165) is 18.0 Å².